The van der Waals surface area contributed by atoms with Gasteiger partial charge in [0.1, 0.15) is 23.9 Å². The van der Waals surface area contributed by atoms with E-state index in [2.05, 4.69) is 5.32 Å². The molecule has 0 saturated heterocycles. The molecule has 0 unspecified atom stereocenters. The lowest BCUT2D eigenvalue weighted by Gasteiger charge is -2.13. The number of hydrogen-bond acceptors (Lipinski definition) is 4. The molecule has 1 N–H and O–H groups in total. The number of ether oxygens (including phenoxy) is 3. The van der Waals surface area contributed by atoms with E-state index in [0.717, 1.165) is 16.9 Å². The molecule has 0 heterocycles. The fourth-order valence-corrected chi connectivity index (χ4v) is 3.05. The Morgan fingerprint density at radius 1 is 0.931 bits per heavy atom. The Bertz CT molecular complexity index is 1000. The third-order valence-corrected chi connectivity index (χ3v) is 4.67. The summed E-state index contributed by atoms with van der Waals surface area (Å²) >= 11 is 5.98. The molecule has 150 valence electrons. The zero-order valence-electron chi connectivity index (χ0n) is 16.5. The van der Waals surface area contributed by atoms with Gasteiger partial charge in [0.25, 0.3) is 5.91 Å². The topological polar surface area (TPSA) is 56.8 Å². The molecule has 1 amide bonds. The van der Waals surface area contributed by atoms with Gasteiger partial charge in [0.15, 0.2) is 0 Å². The summed E-state index contributed by atoms with van der Waals surface area (Å²) in [6.07, 6.45) is 0. The normalized spacial score (nSPS) is 10.3. The number of methoxy groups -OCH3 is 2. The number of halogens is 1. The highest BCUT2D eigenvalue weighted by Gasteiger charge is 2.12. The van der Waals surface area contributed by atoms with Crippen LogP contribution >= 0.6 is 11.6 Å². The van der Waals surface area contributed by atoms with Crippen molar-refractivity contribution in [3.63, 3.8) is 0 Å². The fourth-order valence-electron chi connectivity index (χ4n) is 2.83. The zero-order chi connectivity index (χ0) is 20.8. The summed E-state index contributed by atoms with van der Waals surface area (Å²) in [5.74, 6) is 1.88. The van der Waals surface area contributed by atoms with Crippen LogP contribution < -0.4 is 19.5 Å². The van der Waals surface area contributed by atoms with Gasteiger partial charge in [-0.15, -0.1) is 0 Å². The zero-order valence-corrected chi connectivity index (χ0v) is 17.2. The predicted octanol–water partition coefficient (Wildman–Crippen LogP) is 5.50. The van der Waals surface area contributed by atoms with E-state index in [9.17, 15) is 4.79 Å². The van der Waals surface area contributed by atoms with Crippen molar-refractivity contribution >= 4 is 23.2 Å². The van der Waals surface area contributed by atoms with Crippen LogP contribution in [0.15, 0.2) is 60.7 Å². The lowest BCUT2D eigenvalue weighted by molar-refractivity contribution is 0.102. The number of benzene rings is 3. The van der Waals surface area contributed by atoms with E-state index in [1.807, 2.05) is 31.2 Å². The first-order valence-electron chi connectivity index (χ1n) is 9.01. The highest BCUT2D eigenvalue weighted by atomic mass is 35.5. The maximum absolute atomic E-state index is 12.7. The van der Waals surface area contributed by atoms with Crippen molar-refractivity contribution in [2.45, 2.75) is 13.5 Å². The van der Waals surface area contributed by atoms with E-state index in [-0.39, 0.29) is 12.5 Å². The summed E-state index contributed by atoms with van der Waals surface area (Å²) in [6, 6.07) is 17.9. The van der Waals surface area contributed by atoms with E-state index in [1.165, 1.54) is 0 Å². The number of anilines is 1. The first-order chi connectivity index (χ1) is 14.0. The molecule has 3 rings (SSSR count). The Balaban J connectivity index is 1.75. The van der Waals surface area contributed by atoms with E-state index in [0.29, 0.717) is 27.8 Å². The maximum atomic E-state index is 12.7. The highest BCUT2D eigenvalue weighted by Crippen LogP contribution is 2.25. The molecule has 29 heavy (non-hydrogen) atoms. The minimum absolute atomic E-state index is 0.219. The van der Waals surface area contributed by atoms with E-state index in [4.69, 9.17) is 25.8 Å². The molecular formula is C23H22ClNO4. The van der Waals surface area contributed by atoms with Gasteiger partial charge in [0.2, 0.25) is 0 Å². The van der Waals surface area contributed by atoms with E-state index < -0.39 is 0 Å². The van der Waals surface area contributed by atoms with Gasteiger partial charge in [-0.05, 0) is 73.2 Å². The molecule has 0 aliphatic carbocycles. The minimum Gasteiger partial charge on any atom is -0.497 e. The Morgan fingerprint density at radius 2 is 1.66 bits per heavy atom. The van der Waals surface area contributed by atoms with Gasteiger partial charge in [0.05, 0.1) is 14.2 Å². The van der Waals surface area contributed by atoms with Crippen LogP contribution in [0.5, 0.6) is 17.2 Å². The number of carbonyl (C=O) groups excluding carboxylic acids is 1. The average Bonchev–Trinajstić information content (AvgIpc) is 2.74. The molecule has 0 atom stereocenters. The van der Waals surface area contributed by atoms with Gasteiger partial charge < -0.3 is 19.5 Å². The van der Waals surface area contributed by atoms with Crippen LogP contribution in [0.25, 0.3) is 0 Å². The Labute approximate surface area is 175 Å². The summed E-state index contributed by atoms with van der Waals surface area (Å²) in [5.41, 5.74) is 2.88. The molecule has 0 aliphatic heterocycles. The Morgan fingerprint density at radius 3 is 2.31 bits per heavy atom. The molecule has 0 bridgehead atoms. The number of nitrogens with one attached hydrogen (secondary N) is 1. The van der Waals surface area contributed by atoms with Crippen LogP contribution in [-0.4, -0.2) is 20.1 Å². The van der Waals surface area contributed by atoms with Crippen molar-refractivity contribution in [2.75, 3.05) is 19.5 Å². The van der Waals surface area contributed by atoms with E-state index >= 15 is 0 Å². The third kappa shape index (κ3) is 5.21. The van der Waals surface area contributed by atoms with Crippen LogP contribution in [0.1, 0.15) is 21.5 Å². The Kier molecular flexibility index (Phi) is 6.62. The summed E-state index contributed by atoms with van der Waals surface area (Å²) in [7, 11) is 3.20. The first kappa shape index (κ1) is 20.6. The average molecular weight is 412 g/mol. The molecule has 3 aromatic carbocycles. The van der Waals surface area contributed by atoms with Crippen LogP contribution in [0.4, 0.5) is 5.69 Å². The number of hydrogen-bond donors (Lipinski definition) is 1. The lowest BCUT2D eigenvalue weighted by Crippen LogP contribution is -2.13. The van der Waals surface area contributed by atoms with Crippen molar-refractivity contribution in [3.05, 3.63) is 82.4 Å². The van der Waals surface area contributed by atoms with Crippen LogP contribution in [0, 0.1) is 6.92 Å². The smallest absolute Gasteiger partial charge is 0.255 e. The van der Waals surface area contributed by atoms with Gasteiger partial charge in [-0.25, -0.2) is 0 Å². The fraction of sp³-hybridized carbons (Fsp3) is 0.174. The molecule has 5 nitrogen and oxygen atoms in total. The molecule has 0 spiro atoms. The second-order valence-corrected chi connectivity index (χ2v) is 6.84. The standard InChI is InChI=1S/C23H22ClNO4/c1-15-12-18(24)5-10-21(15)25-23(26)16-4-11-22(28-3)17(13-16)14-29-20-8-6-19(27-2)7-9-20/h4-13H,14H2,1-3H3,(H,25,26). The predicted molar refractivity (Wildman–Crippen MR) is 114 cm³/mol. The van der Waals surface area contributed by atoms with E-state index in [1.54, 1.807) is 50.6 Å². The summed E-state index contributed by atoms with van der Waals surface area (Å²) in [4.78, 5) is 12.7. The number of aryl methyl sites for hydroxylation is 1. The number of carbonyl (C=O) groups is 1. The van der Waals surface area contributed by atoms with Crippen molar-refractivity contribution in [3.8, 4) is 17.2 Å². The van der Waals surface area contributed by atoms with Gasteiger partial charge in [0, 0.05) is 21.8 Å². The summed E-state index contributed by atoms with van der Waals surface area (Å²) < 4.78 is 16.4. The maximum Gasteiger partial charge on any atom is 0.255 e. The molecular weight excluding hydrogens is 390 g/mol. The molecule has 0 radical (unpaired) electrons. The van der Waals surface area contributed by atoms with Crippen molar-refractivity contribution < 1.29 is 19.0 Å². The number of amides is 1. The summed E-state index contributed by atoms with van der Waals surface area (Å²) in [5, 5.41) is 3.54. The lowest BCUT2D eigenvalue weighted by atomic mass is 10.1. The largest absolute Gasteiger partial charge is 0.497 e. The molecule has 6 heteroatoms. The summed E-state index contributed by atoms with van der Waals surface area (Å²) in [6.45, 7) is 2.15. The molecule has 3 aromatic rings. The molecule has 0 aliphatic rings. The van der Waals surface area contributed by atoms with Crippen LogP contribution in [0.3, 0.4) is 0 Å². The SMILES string of the molecule is COc1ccc(OCc2cc(C(=O)Nc3ccc(Cl)cc3C)ccc2OC)cc1. The van der Waals surface area contributed by atoms with Crippen molar-refractivity contribution in [1.29, 1.82) is 0 Å². The highest BCUT2D eigenvalue weighted by molar-refractivity contribution is 6.30. The molecule has 0 saturated carbocycles. The van der Waals surface area contributed by atoms with Crippen molar-refractivity contribution in [2.24, 2.45) is 0 Å². The van der Waals surface area contributed by atoms with Gasteiger partial charge in [-0.2, -0.15) is 0 Å². The van der Waals surface area contributed by atoms with Crippen LogP contribution in [-0.2, 0) is 6.61 Å². The van der Waals surface area contributed by atoms with Gasteiger partial charge >= 0.3 is 0 Å². The molecule has 0 fully saturated rings. The third-order valence-electron chi connectivity index (χ3n) is 4.43. The monoisotopic (exact) mass is 411 g/mol. The Hall–Kier alpha value is -3.18. The van der Waals surface area contributed by atoms with Gasteiger partial charge in [-0.1, -0.05) is 11.6 Å². The van der Waals surface area contributed by atoms with Gasteiger partial charge in [-0.3, -0.25) is 4.79 Å². The number of rotatable bonds is 7. The minimum atomic E-state index is -0.219. The second-order valence-electron chi connectivity index (χ2n) is 6.40. The van der Waals surface area contributed by atoms with Crippen molar-refractivity contribution in [1.82, 2.24) is 0 Å². The quantitative estimate of drug-likeness (QED) is 0.558. The second kappa shape index (κ2) is 9.34. The first-order valence-corrected chi connectivity index (χ1v) is 9.39. The van der Waals surface area contributed by atoms with Crippen LogP contribution in [0.2, 0.25) is 5.02 Å². The molecule has 0 aromatic heterocycles.